The first-order valence-corrected chi connectivity index (χ1v) is 27.6. The Hall–Kier alpha value is -3.41. The summed E-state index contributed by atoms with van der Waals surface area (Å²) in [6, 6.07) is 0. The van der Waals surface area contributed by atoms with Crippen LogP contribution in [0.4, 0.5) is 0 Å². The molecule has 6 heteroatoms. The predicted molar refractivity (Wildman–Crippen MR) is 284 cm³/mol. The number of carbonyl (C=O) groups excluding carboxylic acids is 3. The molecule has 0 aliphatic rings. The number of hydrogen-bond donors (Lipinski definition) is 0. The molecule has 0 aliphatic heterocycles. The van der Waals surface area contributed by atoms with E-state index in [2.05, 4.69) is 106 Å². The molecular weight excluding hydrogens is 817 g/mol. The summed E-state index contributed by atoms with van der Waals surface area (Å²) in [6.45, 7) is 6.53. The first-order chi connectivity index (χ1) is 32.5. The fourth-order valence-corrected chi connectivity index (χ4v) is 7.44. The smallest absolute Gasteiger partial charge is 0.306 e. The molecule has 0 unspecified atom stereocenters. The Morgan fingerprint density at radius 2 is 0.561 bits per heavy atom. The van der Waals surface area contributed by atoms with Crippen molar-refractivity contribution in [3.63, 3.8) is 0 Å². The summed E-state index contributed by atoms with van der Waals surface area (Å²) in [5, 5.41) is 0. The second-order valence-corrected chi connectivity index (χ2v) is 18.1. The lowest BCUT2D eigenvalue weighted by atomic mass is 10.0. The van der Waals surface area contributed by atoms with Gasteiger partial charge in [0.25, 0.3) is 0 Å². The van der Waals surface area contributed by atoms with Gasteiger partial charge in [0.1, 0.15) is 13.2 Å². The largest absolute Gasteiger partial charge is 0.462 e. The van der Waals surface area contributed by atoms with Gasteiger partial charge in [-0.2, -0.15) is 0 Å². The maximum absolute atomic E-state index is 12.8. The van der Waals surface area contributed by atoms with Crippen molar-refractivity contribution in [2.75, 3.05) is 13.2 Å². The normalized spacial score (nSPS) is 12.7. The molecule has 0 spiro atoms. The van der Waals surface area contributed by atoms with Crippen molar-refractivity contribution >= 4 is 17.9 Å². The Morgan fingerprint density at radius 1 is 0.303 bits per heavy atom. The van der Waals surface area contributed by atoms with E-state index in [-0.39, 0.29) is 37.5 Å². The highest BCUT2D eigenvalue weighted by molar-refractivity contribution is 5.71. The van der Waals surface area contributed by atoms with Gasteiger partial charge in [0, 0.05) is 19.3 Å². The first kappa shape index (κ1) is 62.6. The van der Waals surface area contributed by atoms with Gasteiger partial charge in [0.15, 0.2) is 6.10 Å². The van der Waals surface area contributed by atoms with E-state index >= 15 is 0 Å². The van der Waals surface area contributed by atoms with Gasteiger partial charge in [0.2, 0.25) is 0 Å². The average molecular weight is 919 g/mol. The Kier molecular flexibility index (Phi) is 51.4. The number of allylic oxidation sites excluding steroid dienone is 14. The molecule has 0 aromatic heterocycles. The van der Waals surface area contributed by atoms with Gasteiger partial charge in [-0.15, -0.1) is 0 Å². The minimum absolute atomic E-state index is 0.107. The SMILES string of the molecule is CCCCC/C=C\C/C=C\C/C=C\C/C=C\CCCCCC(=O)OC[C@H](COC(=O)CCC/C=C\C/C=C\C/C=C\CCCCCCCC)OC(=O)CCCCCCCCCCCCCC. The number of unbranched alkanes of at least 4 members (excludes halogenated alkanes) is 24. The third kappa shape index (κ3) is 51.6. The number of rotatable bonds is 49. The molecule has 0 aliphatic carbocycles. The van der Waals surface area contributed by atoms with Crippen LogP contribution in [0.25, 0.3) is 0 Å². The van der Waals surface area contributed by atoms with Crippen molar-refractivity contribution in [3.05, 3.63) is 85.1 Å². The average Bonchev–Trinajstić information content (AvgIpc) is 3.31. The molecule has 0 bridgehead atoms. The van der Waals surface area contributed by atoms with Crippen molar-refractivity contribution in [2.24, 2.45) is 0 Å². The Bertz CT molecular complexity index is 1290. The summed E-state index contributed by atoms with van der Waals surface area (Å²) in [4.78, 5) is 38.0. The zero-order chi connectivity index (χ0) is 47.9. The van der Waals surface area contributed by atoms with Crippen LogP contribution in [0.15, 0.2) is 85.1 Å². The van der Waals surface area contributed by atoms with Gasteiger partial charge >= 0.3 is 17.9 Å². The second kappa shape index (κ2) is 54.2. The predicted octanol–water partition coefficient (Wildman–Crippen LogP) is 18.4. The fourth-order valence-electron chi connectivity index (χ4n) is 7.44. The summed E-state index contributed by atoms with van der Waals surface area (Å²) in [5.74, 6) is -0.986. The van der Waals surface area contributed by atoms with Crippen molar-refractivity contribution in [1.82, 2.24) is 0 Å². The molecule has 0 N–H and O–H groups in total. The molecule has 1 atom stereocenters. The number of esters is 3. The van der Waals surface area contributed by atoms with E-state index in [1.807, 2.05) is 0 Å². The lowest BCUT2D eigenvalue weighted by Gasteiger charge is -2.18. The molecule has 0 radical (unpaired) electrons. The highest BCUT2D eigenvalue weighted by Crippen LogP contribution is 2.14. The second-order valence-electron chi connectivity index (χ2n) is 18.1. The highest BCUT2D eigenvalue weighted by Gasteiger charge is 2.19. The zero-order valence-electron chi connectivity index (χ0n) is 43.2. The molecular formula is C60H102O6. The quantitative estimate of drug-likeness (QED) is 0.0262. The molecule has 6 nitrogen and oxygen atoms in total. The molecule has 378 valence electrons. The van der Waals surface area contributed by atoms with E-state index in [4.69, 9.17) is 14.2 Å². The summed E-state index contributed by atoms with van der Waals surface area (Å²) in [6.07, 6.45) is 70.0. The van der Waals surface area contributed by atoms with Crippen molar-refractivity contribution in [3.8, 4) is 0 Å². The van der Waals surface area contributed by atoms with Crippen molar-refractivity contribution in [1.29, 1.82) is 0 Å². The van der Waals surface area contributed by atoms with Gasteiger partial charge < -0.3 is 14.2 Å². The molecule has 0 saturated carbocycles. The number of carbonyl (C=O) groups is 3. The van der Waals surface area contributed by atoms with Gasteiger partial charge in [0.05, 0.1) is 0 Å². The molecule has 0 heterocycles. The standard InChI is InChI=1S/C60H102O6/c1-4-7-10-13-16-19-22-25-27-29-30-32-34-36-39-41-44-47-50-53-59(62)65-56-57(66-60(63)54-51-48-45-42-37-24-21-18-15-12-9-6-3)55-64-58(61)52-49-46-43-40-38-35-33-31-28-26-23-20-17-14-11-8-5-2/h16,19,25-28,30,32-33,35-36,39-40,43,57H,4-15,17-18,20-24,29,31,34,37-38,41-42,44-56H2,1-3H3/b19-16-,27-25-,28-26-,32-30-,35-33-,39-36-,43-40-/t57-/m0/s1. The topological polar surface area (TPSA) is 78.9 Å². The maximum atomic E-state index is 12.8. The van der Waals surface area contributed by atoms with E-state index in [0.29, 0.717) is 19.3 Å². The van der Waals surface area contributed by atoms with Gasteiger partial charge in [-0.05, 0) is 96.3 Å². The monoisotopic (exact) mass is 919 g/mol. The van der Waals surface area contributed by atoms with E-state index in [9.17, 15) is 14.4 Å². The van der Waals surface area contributed by atoms with Crippen molar-refractivity contribution in [2.45, 2.75) is 264 Å². The molecule has 0 aromatic carbocycles. The fraction of sp³-hybridized carbons (Fsp3) is 0.717. The third-order valence-electron chi connectivity index (χ3n) is 11.6. The number of hydrogen-bond acceptors (Lipinski definition) is 6. The van der Waals surface area contributed by atoms with Crippen LogP contribution >= 0.6 is 0 Å². The van der Waals surface area contributed by atoms with E-state index in [1.54, 1.807) is 0 Å². The van der Waals surface area contributed by atoms with Crippen LogP contribution in [0.1, 0.15) is 258 Å². The van der Waals surface area contributed by atoms with E-state index in [1.165, 1.54) is 128 Å². The lowest BCUT2D eigenvalue weighted by Crippen LogP contribution is -2.30. The van der Waals surface area contributed by atoms with Crippen LogP contribution in [0.5, 0.6) is 0 Å². The van der Waals surface area contributed by atoms with E-state index < -0.39 is 6.10 Å². The molecule has 66 heavy (non-hydrogen) atoms. The maximum Gasteiger partial charge on any atom is 0.306 e. The van der Waals surface area contributed by atoms with Crippen LogP contribution in [-0.4, -0.2) is 37.2 Å². The molecule has 0 amide bonds. The van der Waals surface area contributed by atoms with Gasteiger partial charge in [-0.3, -0.25) is 14.4 Å². The van der Waals surface area contributed by atoms with Crippen molar-refractivity contribution < 1.29 is 28.6 Å². The van der Waals surface area contributed by atoms with Crippen LogP contribution in [-0.2, 0) is 28.6 Å². The summed E-state index contributed by atoms with van der Waals surface area (Å²) >= 11 is 0. The minimum atomic E-state index is -0.808. The molecule has 0 saturated heterocycles. The Balaban J connectivity index is 4.48. The Morgan fingerprint density at radius 3 is 0.955 bits per heavy atom. The van der Waals surface area contributed by atoms with Crippen LogP contribution in [0.2, 0.25) is 0 Å². The van der Waals surface area contributed by atoms with Crippen LogP contribution in [0, 0.1) is 0 Å². The lowest BCUT2D eigenvalue weighted by molar-refractivity contribution is -0.167. The van der Waals surface area contributed by atoms with E-state index in [0.717, 1.165) is 83.5 Å². The van der Waals surface area contributed by atoms with Crippen LogP contribution in [0.3, 0.4) is 0 Å². The van der Waals surface area contributed by atoms with Gasteiger partial charge in [-0.1, -0.05) is 228 Å². The van der Waals surface area contributed by atoms with Gasteiger partial charge in [-0.25, -0.2) is 0 Å². The molecule has 0 rings (SSSR count). The van der Waals surface area contributed by atoms with Crippen LogP contribution < -0.4 is 0 Å². The Labute approximate surface area is 407 Å². The number of ether oxygens (including phenoxy) is 3. The summed E-state index contributed by atoms with van der Waals surface area (Å²) < 4.78 is 16.8. The molecule has 0 aromatic rings. The highest BCUT2D eigenvalue weighted by atomic mass is 16.6. The first-order valence-electron chi connectivity index (χ1n) is 27.6. The third-order valence-corrected chi connectivity index (χ3v) is 11.6. The summed E-state index contributed by atoms with van der Waals surface area (Å²) in [7, 11) is 0. The zero-order valence-corrected chi connectivity index (χ0v) is 43.2. The molecule has 0 fully saturated rings. The summed E-state index contributed by atoms with van der Waals surface area (Å²) in [5.41, 5.74) is 0. The minimum Gasteiger partial charge on any atom is -0.462 e.